The van der Waals surface area contributed by atoms with Gasteiger partial charge in [0, 0.05) is 34.1 Å². The van der Waals surface area contributed by atoms with Crippen molar-refractivity contribution in [2.24, 2.45) is 0 Å². The van der Waals surface area contributed by atoms with Crippen LogP contribution in [0.25, 0.3) is 0 Å². The number of carbonyl (C=O) groups is 1. The van der Waals surface area contributed by atoms with Crippen LogP contribution >= 0.6 is 11.5 Å². The van der Waals surface area contributed by atoms with Gasteiger partial charge in [0.2, 0.25) is 15.9 Å². The summed E-state index contributed by atoms with van der Waals surface area (Å²) >= 11 is 0.975. The SMILES string of the molecule is CC(=O)NCCNc1snc(N)c1S(=O)(=O)N(C)C. The maximum atomic E-state index is 12.1. The van der Waals surface area contributed by atoms with Crippen LogP contribution in [0.5, 0.6) is 0 Å². The number of sulfonamides is 1. The predicted molar refractivity (Wildman–Crippen MR) is 74.6 cm³/mol. The van der Waals surface area contributed by atoms with Crippen LogP contribution in [0.1, 0.15) is 6.92 Å². The first-order valence-corrected chi connectivity index (χ1v) is 7.64. The molecule has 19 heavy (non-hydrogen) atoms. The van der Waals surface area contributed by atoms with Crippen molar-refractivity contribution in [3.05, 3.63) is 0 Å². The number of rotatable bonds is 6. The highest BCUT2D eigenvalue weighted by atomic mass is 32.2. The first kappa shape index (κ1) is 15.7. The Kier molecular flexibility index (Phi) is 5.09. The van der Waals surface area contributed by atoms with Crippen molar-refractivity contribution in [2.75, 3.05) is 38.2 Å². The van der Waals surface area contributed by atoms with E-state index >= 15 is 0 Å². The first-order valence-electron chi connectivity index (χ1n) is 5.42. The normalized spacial score (nSPS) is 11.6. The lowest BCUT2D eigenvalue weighted by molar-refractivity contribution is -0.118. The second-order valence-corrected chi connectivity index (χ2v) is 6.79. The molecule has 8 nitrogen and oxygen atoms in total. The van der Waals surface area contributed by atoms with Crippen LogP contribution in [-0.2, 0) is 14.8 Å². The summed E-state index contributed by atoms with van der Waals surface area (Å²) in [5, 5.41) is 5.87. The Morgan fingerprint density at radius 1 is 1.42 bits per heavy atom. The molecule has 1 rings (SSSR count). The minimum atomic E-state index is -3.64. The van der Waals surface area contributed by atoms with Crippen molar-refractivity contribution in [2.45, 2.75) is 11.8 Å². The van der Waals surface area contributed by atoms with E-state index in [2.05, 4.69) is 15.0 Å². The second kappa shape index (κ2) is 6.17. The van der Waals surface area contributed by atoms with Gasteiger partial charge in [0.1, 0.15) is 5.00 Å². The fourth-order valence-corrected chi connectivity index (χ4v) is 3.36. The molecule has 0 spiro atoms. The van der Waals surface area contributed by atoms with E-state index in [1.165, 1.54) is 21.0 Å². The van der Waals surface area contributed by atoms with Crippen molar-refractivity contribution < 1.29 is 13.2 Å². The molecule has 0 aliphatic rings. The average molecular weight is 307 g/mol. The molecule has 0 aromatic carbocycles. The Labute approximate surface area is 116 Å². The third-order valence-electron chi connectivity index (χ3n) is 2.20. The number of aromatic nitrogens is 1. The molecule has 0 aliphatic carbocycles. The maximum absolute atomic E-state index is 12.1. The number of carbonyl (C=O) groups excluding carboxylic acids is 1. The summed E-state index contributed by atoms with van der Waals surface area (Å²) in [5.74, 6) is -0.174. The summed E-state index contributed by atoms with van der Waals surface area (Å²) in [5.41, 5.74) is 5.60. The van der Waals surface area contributed by atoms with Crippen molar-refractivity contribution in [3.63, 3.8) is 0 Å². The lowest BCUT2D eigenvalue weighted by Crippen LogP contribution is -2.27. The molecule has 4 N–H and O–H groups in total. The summed E-state index contributed by atoms with van der Waals surface area (Å²) in [6.45, 7) is 2.18. The zero-order valence-corrected chi connectivity index (χ0v) is 12.6. The van der Waals surface area contributed by atoms with Gasteiger partial charge in [0.25, 0.3) is 0 Å². The molecule has 1 amide bonds. The Morgan fingerprint density at radius 2 is 2.05 bits per heavy atom. The number of nitrogens with two attached hydrogens (primary N) is 1. The molecule has 1 aromatic heterocycles. The van der Waals surface area contributed by atoms with Gasteiger partial charge in [-0.05, 0) is 11.5 Å². The zero-order valence-electron chi connectivity index (χ0n) is 10.9. The van der Waals surface area contributed by atoms with Gasteiger partial charge in [-0.2, -0.15) is 4.37 Å². The molecule has 0 bridgehead atoms. The number of nitrogen functional groups attached to an aromatic ring is 1. The fourth-order valence-electron chi connectivity index (χ4n) is 1.25. The second-order valence-electron chi connectivity index (χ2n) is 3.92. The summed E-state index contributed by atoms with van der Waals surface area (Å²) in [6, 6.07) is 0. The van der Waals surface area contributed by atoms with Crippen molar-refractivity contribution >= 4 is 38.3 Å². The topological polar surface area (TPSA) is 117 Å². The van der Waals surface area contributed by atoms with E-state index in [0.717, 1.165) is 15.8 Å². The number of nitrogens with one attached hydrogen (secondary N) is 2. The third kappa shape index (κ3) is 3.78. The molecule has 0 saturated heterocycles. The lowest BCUT2D eigenvalue weighted by atomic mass is 10.5. The Balaban J connectivity index is 2.84. The molecule has 0 saturated carbocycles. The molecule has 0 radical (unpaired) electrons. The van der Waals surface area contributed by atoms with Crippen molar-refractivity contribution in [1.29, 1.82) is 0 Å². The van der Waals surface area contributed by atoms with Gasteiger partial charge in [-0.25, -0.2) is 12.7 Å². The monoisotopic (exact) mass is 307 g/mol. The average Bonchev–Trinajstić information content (AvgIpc) is 2.66. The minimum Gasteiger partial charge on any atom is -0.382 e. The van der Waals surface area contributed by atoms with E-state index in [-0.39, 0.29) is 16.6 Å². The van der Waals surface area contributed by atoms with Crippen LogP contribution in [0.4, 0.5) is 10.8 Å². The summed E-state index contributed by atoms with van der Waals surface area (Å²) in [7, 11) is -0.794. The highest BCUT2D eigenvalue weighted by Gasteiger charge is 2.27. The van der Waals surface area contributed by atoms with E-state index in [4.69, 9.17) is 5.73 Å². The highest BCUT2D eigenvalue weighted by molar-refractivity contribution is 7.89. The Bertz CT molecular complexity index is 552. The quantitative estimate of drug-likeness (QED) is 0.611. The number of hydrogen-bond acceptors (Lipinski definition) is 7. The minimum absolute atomic E-state index is 0.0228. The summed E-state index contributed by atoms with van der Waals surface area (Å²) in [4.78, 5) is 10.7. The maximum Gasteiger partial charge on any atom is 0.249 e. The van der Waals surface area contributed by atoms with Gasteiger partial charge in [0.15, 0.2) is 10.7 Å². The molecular formula is C9H17N5O3S2. The fraction of sp³-hybridized carbons (Fsp3) is 0.556. The molecule has 10 heteroatoms. The summed E-state index contributed by atoms with van der Waals surface area (Å²) in [6.07, 6.45) is 0. The van der Waals surface area contributed by atoms with Crippen LogP contribution < -0.4 is 16.4 Å². The molecule has 0 fully saturated rings. The van der Waals surface area contributed by atoms with E-state index in [1.54, 1.807) is 0 Å². The number of anilines is 2. The number of amides is 1. The van der Waals surface area contributed by atoms with Crippen LogP contribution in [0, 0.1) is 0 Å². The smallest absolute Gasteiger partial charge is 0.249 e. The van der Waals surface area contributed by atoms with Crippen LogP contribution in [0.15, 0.2) is 4.90 Å². The number of hydrogen-bond donors (Lipinski definition) is 3. The molecule has 0 atom stereocenters. The largest absolute Gasteiger partial charge is 0.382 e. The van der Waals surface area contributed by atoms with Gasteiger partial charge in [-0.15, -0.1) is 0 Å². The Hall–Kier alpha value is -1.39. The van der Waals surface area contributed by atoms with Crippen molar-refractivity contribution in [3.8, 4) is 0 Å². The van der Waals surface area contributed by atoms with Gasteiger partial charge in [-0.3, -0.25) is 4.79 Å². The highest BCUT2D eigenvalue weighted by Crippen LogP contribution is 2.32. The molecule has 108 valence electrons. The van der Waals surface area contributed by atoms with Gasteiger partial charge >= 0.3 is 0 Å². The van der Waals surface area contributed by atoms with Crippen LogP contribution in [0.3, 0.4) is 0 Å². The van der Waals surface area contributed by atoms with Gasteiger partial charge in [0.05, 0.1) is 0 Å². The van der Waals surface area contributed by atoms with Gasteiger partial charge < -0.3 is 16.4 Å². The van der Waals surface area contributed by atoms with E-state index < -0.39 is 10.0 Å². The molecule has 1 aromatic rings. The van der Waals surface area contributed by atoms with E-state index in [9.17, 15) is 13.2 Å². The van der Waals surface area contributed by atoms with Crippen LogP contribution in [0.2, 0.25) is 0 Å². The zero-order chi connectivity index (χ0) is 14.6. The van der Waals surface area contributed by atoms with Crippen molar-refractivity contribution in [1.82, 2.24) is 14.0 Å². The third-order valence-corrected chi connectivity index (χ3v) is 5.04. The molecular weight excluding hydrogens is 290 g/mol. The predicted octanol–water partition coefficient (Wildman–Crippen LogP) is -0.476. The molecule has 0 aliphatic heterocycles. The number of nitrogens with zero attached hydrogens (tertiary/aromatic N) is 2. The summed E-state index contributed by atoms with van der Waals surface area (Å²) < 4.78 is 29.1. The van der Waals surface area contributed by atoms with E-state index in [0.29, 0.717) is 18.1 Å². The molecule has 1 heterocycles. The van der Waals surface area contributed by atoms with Crippen LogP contribution in [-0.4, -0.2) is 50.2 Å². The Morgan fingerprint density at radius 3 is 2.58 bits per heavy atom. The standard InChI is InChI=1S/C9H17N5O3S2/c1-6(15)11-4-5-12-9-7(8(10)13-18-9)19(16,17)14(2)3/h12H,4-5H2,1-3H3,(H2,10,13)(H,11,15). The lowest BCUT2D eigenvalue weighted by Gasteiger charge is -2.12. The van der Waals surface area contributed by atoms with E-state index in [1.807, 2.05) is 0 Å². The molecule has 0 unspecified atom stereocenters. The first-order chi connectivity index (χ1) is 8.76. The van der Waals surface area contributed by atoms with Gasteiger partial charge in [-0.1, -0.05) is 0 Å².